The number of hydrogen-bond donors (Lipinski definition) is 1. The Morgan fingerprint density at radius 1 is 1.08 bits per heavy atom. The van der Waals surface area contributed by atoms with Crippen LogP contribution in [0.15, 0.2) is 24.3 Å². The van der Waals surface area contributed by atoms with Crippen LogP contribution >= 0.6 is 0 Å². The zero-order chi connectivity index (χ0) is 16.6. The van der Waals surface area contributed by atoms with E-state index >= 15 is 0 Å². The van der Waals surface area contributed by atoms with E-state index in [4.69, 9.17) is 0 Å². The summed E-state index contributed by atoms with van der Waals surface area (Å²) in [7, 11) is 2.19. The van der Waals surface area contributed by atoms with Crippen molar-refractivity contribution in [1.82, 2.24) is 9.80 Å². The van der Waals surface area contributed by atoms with Gasteiger partial charge in [0.2, 0.25) is 0 Å². The van der Waals surface area contributed by atoms with Gasteiger partial charge in [-0.25, -0.2) is 4.79 Å². The van der Waals surface area contributed by atoms with Gasteiger partial charge in [0, 0.05) is 30.9 Å². The van der Waals surface area contributed by atoms with E-state index in [1.54, 1.807) is 0 Å². The Bertz CT molecular complexity index is 587. The van der Waals surface area contributed by atoms with Crippen molar-refractivity contribution in [3.8, 4) is 0 Å². The summed E-state index contributed by atoms with van der Waals surface area (Å²) < 4.78 is 0. The number of nitrogens with one attached hydrogen (secondary N) is 1. The largest absolute Gasteiger partial charge is 0.321 e. The Kier molecular flexibility index (Phi) is 4.25. The van der Waals surface area contributed by atoms with Gasteiger partial charge in [-0.15, -0.1) is 0 Å². The molecule has 2 amide bonds. The molecule has 1 aromatic rings. The number of carbonyl (C=O) groups excluding carboxylic acids is 1. The molecule has 1 N–H and O–H groups in total. The Hall–Kier alpha value is -1.55. The quantitative estimate of drug-likeness (QED) is 0.889. The lowest BCUT2D eigenvalue weighted by Crippen LogP contribution is -2.55. The maximum absolute atomic E-state index is 12.6. The molecule has 1 aromatic carbocycles. The van der Waals surface area contributed by atoms with Crippen LogP contribution in [-0.2, 0) is 0 Å². The molecule has 1 spiro atoms. The highest BCUT2D eigenvalue weighted by atomic mass is 16.2. The highest BCUT2D eigenvalue weighted by Crippen LogP contribution is 2.43. The molecule has 4 nitrogen and oxygen atoms in total. The third kappa shape index (κ3) is 3.16. The second-order valence-corrected chi connectivity index (χ2v) is 7.95. The third-order valence-corrected chi connectivity index (χ3v) is 6.35. The number of benzene rings is 1. The maximum Gasteiger partial charge on any atom is 0.321 e. The summed E-state index contributed by atoms with van der Waals surface area (Å²) in [6.07, 6.45) is 9.18. The Morgan fingerprint density at radius 3 is 2.46 bits per heavy atom. The molecular formula is C20H29N3O. The summed E-state index contributed by atoms with van der Waals surface area (Å²) in [5.74, 6) is 0.718. The number of amides is 2. The molecular weight excluding hydrogens is 298 g/mol. The lowest BCUT2D eigenvalue weighted by atomic mass is 9.84. The minimum Gasteiger partial charge on any atom is -0.321 e. The number of carbonyl (C=O) groups is 1. The number of anilines is 1. The first-order valence-corrected chi connectivity index (χ1v) is 9.53. The van der Waals surface area contributed by atoms with Crippen molar-refractivity contribution in [3.63, 3.8) is 0 Å². The van der Waals surface area contributed by atoms with Crippen molar-refractivity contribution in [1.29, 1.82) is 0 Å². The van der Waals surface area contributed by atoms with E-state index in [0.717, 1.165) is 31.2 Å². The highest BCUT2D eigenvalue weighted by molar-refractivity contribution is 5.89. The molecule has 2 aliphatic carbocycles. The number of nitrogens with zero attached hydrogens (tertiary/aromatic N) is 2. The molecule has 1 saturated heterocycles. The molecule has 4 rings (SSSR count). The summed E-state index contributed by atoms with van der Waals surface area (Å²) in [4.78, 5) is 17.0. The summed E-state index contributed by atoms with van der Waals surface area (Å²) in [5.41, 5.74) is 2.63. The van der Waals surface area contributed by atoms with Gasteiger partial charge in [-0.05, 0) is 56.3 Å². The van der Waals surface area contributed by atoms with E-state index in [1.165, 1.54) is 50.5 Å². The Balaban J connectivity index is 1.35. The predicted molar refractivity (Wildman–Crippen MR) is 97.5 cm³/mol. The predicted octanol–water partition coefficient (Wildman–Crippen LogP) is 4.05. The van der Waals surface area contributed by atoms with Gasteiger partial charge >= 0.3 is 6.03 Å². The van der Waals surface area contributed by atoms with E-state index in [9.17, 15) is 4.79 Å². The smallest absolute Gasteiger partial charge is 0.321 e. The molecule has 1 aliphatic heterocycles. The van der Waals surface area contributed by atoms with Gasteiger partial charge in [-0.3, -0.25) is 4.90 Å². The lowest BCUT2D eigenvalue weighted by Gasteiger charge is -2.40. The number of hydrogen-bond acceptors (Lipinski definition) is 2. The summed E-state index contributed by atoms with van der Waals surface area (Å²) in [6, 6.07) is 8.62. The number of piperazine rings is 1. The molecule has 0 atom stereocenters. The van der Waals surface area contributed by atoms with Crippen molar-refractivity contribution >= 4 is 11.7 Å². The van der Waals surface area contributed by atoms with Gasteiger partial charge in [-0.1, -0.05) is 31.4 Å². The van der Waals surface area contributed by atoms with Gasteiger partial charge < -0.3 is 10.2 Å². The zero-order valence-electron chi connectivity index (χ0n) is 14.8. The van der Waals surface area contributed by atoms with Crippen LogP contribution in [-0.4, -0.2) is 48.1 Å². The number of rotatable bonds is 2. The monoisotopic (exact) mass is 327 g/mol. The average molecular weight is 327 g/mol. The Labute approximate surface area is 145 Å². The third-order valence-electron chi connectivity index (χ3n) is 6.35. The van der Waals surface area contributed by atoms with Gasteiger partial charge in [0.15, 0.2) is 0 Å². The molecule has 0 unspecified atom stereocenters. The normalized spacial score (nSPS) is 24.1. The van der Waals surface area contributed by atoms with Crippen molar-refractivity contribution in [2.45, 2.75) is 56.4 Å². The minimum absolute atomic E-state index is 0.0554. The van der Waals surface area contributed by atoms with Crippen LogP contribution in [0.2, 0.25) is 0 Å². The fourth-order valence-corrected chi connectivity index (χ4v) is 4.40. The van der Waals surface area contributed by atoms with Gasteiger partial charge in [0.05, 0.1) is 0 Å². The van der Waals surface area contributed by atoms with Gasteiger partial charge in [-0.2, -0.15) is 0 Å². The van der Waals surface area contributed by atoms with Crippen LogP contribution in [0, 0.1) is 0 Å². The fourth-order valence-electron chi connectivity index (χ4n) is 4.40. The van der Waals surface area contributed by atoms with Gasteiger partial charge in [0.1, 0.15) is 0 Å². The van der Waals surface area contributed by atoms with E-state index in [0.29, 0.717) is 0 Å². The second-order valence-electron chi connectivity index (χ2n) is 7.95. The summed E-state index contributed by atoms with van der Waals surface area (Å²) >= 11 is 0. The van der Waals surface area contributed by atoms with Crippen LogP contribution in [0.3, 0.4) is 0 Å². The van der Waals surface area contributed by atoms with Crippen molar-refractivity contribution in [2.75, 3.05) is 32.0 Å². The molecule has 0 radical (unpaired) electrons. The topological polar surface area (TPSA) is 35.6 Å². The summed E-state index contributed by atoms with van der Waals surface area (Å²) in [6.45, 7) is 2.67. The molecule has 2 saturated carbocycles. The Morgan fingerprint density at radius 2 is 1.79 bits per heavy atom. The van der Waals surface area contributed by atoms with Crippen molar-refractivity contribution in [2.24, 2.45) is 0 Å². The van der Waals surface area contributed by atoms with E-state index in [2.05, 4.69) is 41.5 Å². The molecule has 3 fully saturated rings. The number of urea groups is 1. The first-order valence-electron chi connectivity index (χ1n) is 9.53. The maximum atomic E-state index is 12.6. The van der Waals surface area contributed by atoms with Crippen LogP contribution < -0.4 is 5.32 Å². The standard InChI is InChI=1S/C20H29N3O/c1-22-13-14-23(15-20(22)11-12-20)19(24)21-18-9-7-17(8-10-18)16-5-3-2-4-6-16/h7-10,16H,2-6,11-15H2,1H3,(H,21,24). The van der Waals surface area contributed by atoms with E-state index in [1.807, 2.05) is 4.90 Å². The minimum atomic E-state index is 0.0554. The molecule has 0 aromatic heterocycles. The lowest BCUT2D eigenvalue weighted by molar-refractivity contribution is 0.102. The van der Waals surface area contributed by atoms with Crippen molar-refractivity contribution < 1.29 is 4.79 Å². The SMILES string of the molecule is CN1CCN(C(=O)Nc2ccc(C3CCCCC3)cc2)CC12CC2. The average Bonchev–Trinajstić information content (AvgIpc) is 3.39. The van der Waals surface area contributed by atoms with Crippen LogP contribution in [0.5, 0.6) is 0 Å². The first-order chi connectivity index (χ1) is 11.7. The molecule has 1 heterocycles. The first kappa shape index (κ1) is 15.9. The highest BCUT2D eigenvalue weighted by Gasteiger charge is 2.50. The molecule has 24 heavy (non-hydrogen) atoms. The second kappa shape index (κ2) is 6.40. The van der Waals surface area contributed by atoms with Crippen molar-refractivity contribution in [3.05, 3.63) is 29.8 Å². The molecule has 3 aliphatic rings. The molecule has 0 bridgehead atoms. The summed E-state index contributed by atoms with van der Waals surface area (Å²) in [5, 5.41) is 3.09. The van der Waals surface area contributed by atoms with Crippen LogP contribution in [0.4, 0.5) is 10.5 Å². The zero-order valence-corrected chi connectivity index (χ0v) is 14.8. The van der Waals surface area contributed by atoms with Gasteiger partial charge in [0.25, 0.3) is 0 Å². The fraction of sp³-hybridized carbons (Fsp3) is 0.650. The molecule has 130 valence electrons. The molecule has 4 heteroatoms. The van der Waals surface area contributed by atoms with Crippen LogP contribution in [0.1, 0.15) is 56.4 Å². The van der Waals surface area contributed by atoms with E-state index < -0.39 is 0 Å². The number of likely N-dealkylation sites (N-methyl/N-ethyl adjacent to an activating group) is 1. The van der Waals surface area contributed by atoms with Crippen LogP contribution in [0.25, 0.3) is 0 Å². The van der Waals surface area contributed by atoms with E-state index in [-0.39, 0.29) is 11.6 Å².